The standard InChI is InChI=1S/C10H8BrFO/c11-9-5-3-6-10(12)8(9)4-1-2-7-13/h1,3-7H,2H2. The molecule has 0 aliphatic rings. The molecule has 3 heteroatoms. The molecule has 0 aliphatic carbocycles. The Bertz CT molecular complexity index is 313. The van der Waals surface area contributed by atoms with E-state index in [1.54, 1.807) is 24.3 Å². The number of allylic oxidation sites excluding steroid dienone is 1. The van der Waals surface area contributed by atoms with Crippen molar-refractivity contribution in [3.05, 3.63) is 40.1 Å². The lowest BCUT2D eigenvalue weighted by atomic mass is 10.2. The molecule has 0 spiro atoms. The third kappa shape index (κ3) is 2.77. The van der Waals surface area contributed by atoms with Gasteiger partial charge >= 0.3 is 0 Å². The summed E-state index contributed by atoms with van der Waals surface area (Å²) in [5.74, 6) is -0.295. The minimum atomic E-state index is -0.295. The van der Waals surface area contributed by atoms with E-state index in [1.807, 2.05) is 0 Å². The van der Waals surface area contributed by atoms with Crippen molar-refractivity contribution >= 4 is 28.3 Å². The number of rotatable bonds is 3. The average Bonchev–Trinajstić information content (AvgIpc) is 2.10. The first-order valence-electron chi connectivity index (χ1n) is 3.80. The van der Waals surface area contributed by atoms with E-state index in [1.165, 1.54) is 6.07 Å². The molecule has 13 heavy (non-hydrogen) atoms. The SMILES string of the molecule is O=CCC=Cc1c(F)cccc1Br. The smallest absolute Gasteiger partial charge is 0.131 e. The molecule has 1 aromatic rings. The number of carbonyl (C=O) groups is 1. The first kappa shape index (κ1) is 10.1. The Balaban J connectivity index is 2.92. The highest BCUT2D eigenvalue weighted by Crippen LogP contribution is 2.20. The van der Waals surface area contributed by atoms with Crippen LogP contribution in [0.4, 0.5) is 4.39 Å². The van der Waals surface area contributed by atoms with E-state index in [0.29, 0.717) is 16.5 Å². The van der Waals surface area contributed by atoms with E-state index in [9.17, 15) is 9.18 Å². The lowest BCUT2D eigenvalue weighted by molar-refractivity contribution is -0.107. The van der Waals surface area contributed by atoms with Crippen molar-refractivity contribution in [3.8, 4) is 0 Å². The molecule has 0 fully saturated rings. The second-order valence-corrected chi connectivity index (χ2v) is 3.29. The van der Waals surface area contributed by atoms with Gasteiger partial charge in [-0.15, -0.1) is 0 Å². The lowest BCUT2D eigenvalue weighted by Gasteiger charge is -1.98. The Morgan fingerprint density at radius 3 is 2.85 bits per heavy atom. The van der Waals surface area contributed by atoms with E-state index in [2.05, 4.69) is 15.9 Å². The van der Waals surface area contributed by atoms with E-state index in [-0.39, 0.29) is 5.82 Å². The minimum absolute atomic E-state index is 0.295. The van der Waals surface area contributed by atoms with Gasteiger partial charge in [0, 0.05) is 16.5 Å². The van der Waals surface area contributed by atoms with Crippen molar-refractivity contribution in [2.75, 3.05) is 0 Å². The lowest BCUT2D eigenvalue weighted by Crippen LogP contribution is -1.82. The molecule has 0 aliphatic heterocycles. The number of hydrogen-bond donors (Lipinski definition) is 0. The number of aldehydes is 1. The quantitative estimate of drug-likeness (QED) is 0.745. The zero-order valence-electron chi connectivity index (χ0n) is 6.84. The van der Waals surface area contributed by atoms with Gasteiger partial charge in [0.15, 0.2) is 0 Å². The van der Waals surface area contributed by atoms with E-state index >= 15 is 0 Å². The van der Waals surface area contributed by atoms with E-state index in [0.717, 1.165) is 6.29 Å². The minimum Gasteiger partial charge on any atom is -0.303 e. The first-order chi connectivity index (χ1) is 6.25. The Labute approximate surface area is 84.4 Å². The Morgan fingerprint density at radius 2 is 2.23 bits per heavy atom. The molecule has 0 N–H and O–H groups in total. The van der Waals surface area contributed by atoms with Crippen molar-refractivity contribution in [2.24, 2.45) is 0 Å². The first-order valence-corrected chi connectivity index (χ1v) is 4.59. The Morgan fingerprint density at radius 1 is 1.46 bits per heavy atom. The van der Waals surface area contributed by atoms with Gasteiger partial charge in [0.05, 0.1) is 0 Å². The number of hydrogen-bond acceptors (Lipinski definition) is 1. The zero-order chi connectivity index (χ0) is 9.68. The molecule has 1 rings (SSSR count). The topological polar surface area (TPSA) is 17.1 Å². The van der Waals surface area contributed by atoms with Gasteiger partial charge in [-0.3, -0.25) is 0 Å². The summed E-state index contributed by atoms with van der Waals surface area (Å²) in [4.78, 5) is 10.0. The summed E-state index contributed by atoms with van der Waals surface area (Å²) in [6, 6.07) is 4.76. The molecule has 0 unspecified atom stereocenters. The van der Waals surface area contributed by atoms with Gasteiger partial charge in [-0.2, -0.15) is 0 Å². The summed E-state index contributed by atoms with van der Waals surface area (Å²) in [6.07, 6.45) is 4.29. The molecule has 68 valence electrons. The summed E-state index contributed by atoms with van der Waals surface area (Å²) < 4.78 is 13.8. The van der Waals surface area contributed by atoms with Crippen LogP contribution in [0.3, 0.4) is 0 Å². The van der Waals surface area contributed by atoms with Crippen LogP contribution in [0.25, 0.3) is 6.08 Å². The molecule has 0 saturated carbocycles. The number of halogens is 2. The summed E-state index contributed by atoms with van der Waals surface area (Å²) >= 11 is 3.22. The summed E-state index contributed by atoms with van der Waals surface area (Å²) in [5.41, 5.74) is 0.476. The van der Waals surface area contributed by atoms with Crippen molar-refractivity contribution in [3.63, 3.8) is 0 Å². The molecule has 0 amide bonds. The van der Waals surface area contributed by atoms with E-state index < -0.39 is 0 Å². The van der Waals surface area contributed by atoms with Crippen LogP contribution in [0.5, 0.6) is 0 Å². The number of carbonyl (C=O) groups excluding carboxylic acids is 1. The molecule has 1 aromatic carbocycles. The summed E-state index contributed by atoms with van der Waals surface area (Å²) in [7, 11) is 0. The van der Waals surface area contributed by atoms with E-state index in [4.69, 9.17) is 0 Å². The Kier molecular flexibility index (Phi) is 3.83. The largest absolute Gasteiger partial charge is 0.303 e. The summed E-state index contributed by atoms with van der Waals surface area (Å²) in [5, 5.41) is 0. The zero-order valence-corrected chi connectivity index (χ0v) is 8.42. The van der Waals surface area contributed by atoms with Gasteiger partial charge in [0.25, 0.3) is 0 Å². The van der Waals surface area contributed by atoms with Crippen LogP contribution in [-0.4, -0.2) is 6.29 Å². The van der Waals surface area contributed by atoms with Crippen LogP contribution in [0.2, 0.25) is 0 Å². The van der Waals surface area contributed by atoms with Gasteiger partial charge in [0.1, 0.15) is 12.1 Å². The number of benzene rings is 1. The highest BCUT2D eigenvalue weighted by atomic mass is 79.9. The molecule has 0 radical (unpaired) electrons. The maximum Gasteiger partial charge on any atom is 0.131 e. The predicted octanol–water partition coefficient (Wildman–Crippen LogP) is 3.19. The molecule has 0 bridgehead atoms. The second-order valence-electron chi connectivity index (χ2n) is 2.44. The van der Waals surface area contributed by atoms with Gasteiger partial charge in [-0.05, 0) is 12.1 Å². The molecular formula is C10H8BrFO. The van der Waals surface area contributed by atoms with Crippen LogP contribution < -0.4 is 0 Å². The van der Waals surface area contributed by atoms with Gasteiger partial charge in [0.2, 0.25) is 0 Å². The van der Waals surface area contributed by atoms with Crippen LogP contribution in [0, 0.1) is 5.82 Å². The molecule has 1 nitrogen and oxygen atoms in total. The van der Waals surface area contributed by atoms with Crippen molar-refractivity contribution in [1.82, 2.24) is 0 Å². The average molecular weight is 243 g/mol. The molecule has 0 atom stereocenters. The Hall–Kier alpha value is -0.960. The highest BCUT2D eigenvalue weighted by Gasteiger charge is 2.01. The normalized spacial score (nSPS) is 10.6. The van der Waals surface area contributed by atoms with Crippen molar-refractivity contribution < 1.29 is 9.18 Å². The molecule has 0 saturated heterocycles. The summed E-state index contributed by atoms with van der Waals surface area (Å²) in [6.45, 7) is 0. The fourth-order valence-corrected chi connectivity index (χ4v) is 1.39. The highest BCUT2D eigenvalue weighted by molar-refractivity contribution is 9.10. The van der Waals surface area contributed by atoms with Crippen molar-refractivity contribution in [2.45, 2.75) is 6.42 Å². The van der Waals surface area contributed by atoms with Gasteiger partial charge in [-0.25, -0.2) is 4.39 Å². The monoisotopic (exact) mass is 242 g/mol. The van der Waals surface area contributed by atoms with Crippen LogP contribution in [0.15, 0.2) is 28.7 Å². The fraction of sp³-hybridized carbons (Fsp3) is 0.100. The van der Waals surface area contributed by atoms with Gasteiger partial charge in [-0.1, -0.05) is 34.1 Å². The molecule has 0 aromatic heterocycles. The molecular weight excluding hydrogens is 235 g/mol. The fourth-order valence-electron chi connectivity index (χ4n) is 0.911. The van der Waals surface area contributed by atoms with Crippen LogP contribution in [-0.2, 0) is 4.79 Å². The third-order valence-electron chi connectivity index (χ3n) is 1.52. The van der Waals surface area contributed by atoms with Crippen LogP contribution in [0.1, 0.15) is 12.0 Å². The molecule has 0 heterocycles. The maximum absolute atomic E-state index is 13.1. The van der Waals surface area contributed by atoms with Gasteiger partial charge < -0.3 is 4.79 Å². The van der Waals surface area contributed by atoms with Crippen LogP contribution >= 0.6 is 15.9 Å². The second kappa shape index (κ2) is 4.92. The van der Waals surface area contributed by atoms with Crippen molar-refractivity contribution in [1.29, 1.82) is 0 Å². The maximum atomic E-state index is 13.1. The predicted molar refractivity (Wildman–Crippen MR) is 53.8 cm³/mol. The third-order valence-corrected chi connectivity index (χ3v) is 2.21.